The van der Waals surface area contributed by atoms with Gasteiger partial charge in [-0.1, -0.05) is 25.1 Å². The lowest BCUT2D eigenvalue weighted by Crippen LogP contribution is -2.20. The Morgan fingerprint density at radius 1 is 1.05 bits per heavy atom. The fourth-order valence-corrected chi connectivity index (χ4v) is 2.95. The molecule has 0 bridgehead atoms. The number of ketones is 1. The largest absolute Gasteiger partial charge is 0.508 e. The number of aromatic hydroxyl groups is 2. The SMILES string of the molecule is CC(C(=O)c1c(O)cccc1P(=O)(O)O)c1ccc(O)cc1. The van der Waals surface area contributed by atoms with Gasteiger partial charge in [0.25, 0.3) is 0 Å². The van der Waals surface area contributed by atoms with E-state index in [1.165, 1.54) is 36.4 Å². The van der Waals surface area contributed by atoms with Crippen LogP contribution in [0.1, 0.15) is 28.8 Å². The Morgan fingerprint density at radius 3 is 2.18 bits per heavy atom. The smallest absolute Gasteiger partial charge is 0.357 e. The zero-order valence-corrected chi connectivity index (χ0v) is 12.6. The Morgan fingerprint density at radius 2 is 1.64 bits per heavy atom. The molecule has 4 N–H and O–H groups in total. The van der Waals surface area contributed by atoms with Crippen LogP contribution in [-0.4, -0.2) is 25.8 Å². The van der Waals surface area contributed by atoms with Crippen molar-refractivity contribution in [3.8, 4) is 11.5 Å². The van der Waals surface area contributed by atoms with Gasteiger partial charge in [-0.25, -0.2) is 0 Å². The van der Waals surface area contributed by atoms with Crippen LogP contribution in [0.2, 0.25) is 0 Å². The lowest BCUT2D eigenvalue weighted by Gasteiger charge is -2.16. The summed E-state index contributed by atoms with van der Waals surface area (Å²) in [6.45, 7) is 1.56. The molecule has 1 unspecified atom stereocenters. The third-order valence-corrected chi connectivity index (χ3v) is 4.37. The number of carbonyl (C=O) groups is 1. The molecule has 0 aliphatic rings. The summed E-state index contributed by atoms with van der Waals surface area (Å²) in [5, 5.41) is 18.6. The van der Waals surface area contributed by atoms with E-state index in [4.69, 9.17) is 0 Å². The van der Waals surface area contributed by atoms with Gasteiger partial charge in [-0.05, 0) is 29.8 Å². The van der Waals surface area contributed by atoms with Crippen LogP contribution in [-0.2, 0) is 4.57 Å². The molecule has 22 heavy (non-hydrogen) atoms. The number of rotatable bonds is 4. The fraction of sp³-hybridized carbons (Fsp3) is 0.133. The van der Waals surface area contributed by atoms with Crippen LogP contribution in [0.25, 0.3) is 0 Å². The number of Topliss-reactive ketones (excluding diaryl/α,β-unsaturated/α-hetero) is 1. The highest BCUT2D eigenvalue weighted by atomic mass is 31.2. The van der Waals surface area contributed by atoms with Gasteiger partial charge in [0.15, 0.2) is 5.78 Å². The van der Waals surface area contributed by atoms with Gasteiger partial charge in [0.2, 0.25) is 0 Å². The topological polar surface area (TPSA) is 115 Å². The molecule has 0 radical (unpaired) electrons. The molecular weight excluding hydrogens is 307 g/mol. The molecule has 2 aromatic rings. The number of phenolic OH excluding ortho intramolecular Hbond substituents is 2. The molecule has 2 rings (SSSR count). The molecule has 0 amide bonds. The zero-order chi connectivity index (χ0) is 16.5. The van der Waals surface area contributed by atoms with Crippen LogP contribution in [0.15, 0.2) is 42.5 Å². The van der Waals surface area contributed by atoms with E-state index in [2.05, 4.69) is 0 Å². The molecule has 0 saturated carbocycles. The summed E-state index contributed by atoms with van der Waals surface area (Å²) in [5.41, 5.74) is 0.180. The normalized spacial score (nSPS) is 12.9. The van der Waals surface area contributed by atoms with Gasteiger partial charge in [-0.3, -0.25) is 9.36 Å². The van der Waals surface area contributed by atoms with Gasteiger partial charge in [0, 0.05) is 5.92 Å². The molecule has 0 aliphatic carbocycles. The second kappa shape index (κ2) is 5.93. The second-order valence-electron chi connectivity index (χ2n) is 4.89. The molecule has 2 aromatic carbocycles. The molecule has 0 aliphatic heterocycles. The lowest BCUT2D eigenvalue weighted by atomic mass is 9.92. The molecule has 0 heterocycles. The van der Waals surface area contributed by atoms with Crippen molar-refractivity contribution in [2.75, 3.05) is 0 Å². The summed E-state index contributed by atoms with van der Waals surface area (Å²) >= 11 is 0. The van der Waals surface area contributed by atoms with Crippen molar-refractivity contribution in [1.82, 2.24) is 0 Å². The predicted octanol–water partition coefficient (Wildman–Crippen LogP) is 1.89. The van der Waals surface area contributed by atoms with Crippen LogP contribution in [0.4, 0.5) is 0 Å². The Balaban J connectivity index is 2.50. The zero-order valence-electron chi connectivity index (χ0n) is 11.7. The maximum atomic E-state index is 12.6. The van der Waals surface area contributed by atoms with Crippen molar-refractivity contribution in [2.45, 2.75) is 12.8 Å². The molecule has 0 fully saturated rings. The van der Waals surface area contributed by atoms with E-state index in [0.717, 1.165) is 6.07 Å². The number of phenols is 2. The van der Waals surface area contributed by atoms with E-state index in [9.17, 15) is 29.4 Å². The van der Waals surface area contributed by atoms with Crippen LogP contribution < -0.4 is 5.30 Å². The van der Waals surface area contributed by atoms with Crippen molar-refractivity contribution in [1.29, 1.82) is 0 Å². The van der Waals surface area contributed by atoms with E-state index in [1.807, 2.05) is 0 Å². The summed E-state index contributed by atoms with van der Waals surface area (Å²) in [6, 6.07) is 9.49. The minimum Gasteiger partial charge on any atom is -0.508 e. The predicted molar refractivity (Wildman–Crippen MR) is 80.6 cm³/mol. The van der Waals surface area contributed by atoms with Gasteiger partial charge in [-0.15, -0.1) is 0 Å². The van der Waals surface area contributed by atoms with Crippen LogP contribution in [0.3, 0.4) is 0 Å². The van der Waals surface area contributed by atoms with Crippen LogP contribution in [0, 0.1) is 0 Å². The highest BCUT2D eigenvalue weighted by molar-refractivity contribution is 7.60. The summed E-state index contributed by atoms with van der Waals surface area (Å²) in [7, 11) is -4.70. The third kappa shape index (κ3) is 3.20. The Bertz CT molecular complexity index is 747. The van der Waals surface area contributed by atoms with Gasteiger partial charge in [0.05, 0.1) is 10.9 Å². The Labute approximate surface area is 126 Å². The quantitative estimate of drug-likeness (QED) is 0.505. The van der Waals surface area contributed by atoms with E-state index >= 15 is 0 Å². The summed E-state index contributed by atoms with van der Waals surface area (Å²) in [5.74, 6) is -1.78. The molecule has 6 nitrogen and oxygen atoms in total. The lowest BCUT2D eigenvalue weighted by molar-refractivity contribution is 0.0964. The second-order valence-corrected chi connectivity index (χ2v) is 6.46. The molecular formula is C15H15O6P. The first-order chi connectivity index (χ1) is 10.2. The van der Waals surface area contributed by atoms with Crippen molar-refractivity contribution < 1.29 is 29.4 Å². The van der Waals surface area contributed by atoms with Gasteiger partial charge < -0.3 is 20.0 Å². The molecule has 0 aromatic heterocycles. The molecule has 0 saturated heterocycles. The first-order valence-corrected chi connectivity index (χ1v) is 8.04. The van der Waals surface area contributed by atoms with E-state index in [1.54, 1.807) is 6.92 Å². The number of hydrogen-bond acceptors (Lipinski definition) is 4. The summed E-state index contributed by atoms with van der Waals surface area (Å²) < 4.78 is 11.5. The monoisotopic (exact) mass is 322 g/mol. The van der Waals surface area contributed by atoms with Crippen molar-refractivity contribution in [3.05, 3.63) is 53.6 Å². The molecule has 7 heteroatoms. The first kappa shape index (κ1) is 16.2. The van der Waals surface area contributed by atoms with E-state index in [0.29, 0.717) is 5.56 Å². The van der Waals surface area contributed by atoms with Crippen LogP contribution >= 0.6 is 7.60 Å². The van der Waals surface area contributed by atoms with Gasteiger partial charge >= 0.3 is 7.60 Å². The summed E-state index contributed by atoms with van der Waals surface area (Å²) in [6.07, 6.45) is 0. The maximum Gasteiger partial charge on any atom is 0.357 e. The van der Waals surface area contributed by atoms with Crippen LogP contribution in [0.5, 0.6) is 11.5 Å². The number of benzene rings is 2. The average molecular weight is 322 g/mol. The fourth-order valence-electron chi connectivity index (χ4n) is 2.15. The number of hydrogen-bond donors (Lipinski definition) is 4. The highest BCUT2D eigenvalue weighted by Gasteiger charge is 2.30. The van der Waals surface area contributed by atoms with Crippen molar-refractivity contribution >= 4 is 18.7 Å². The molecule has 0 spiro atoms. The van der Waals surface area contributed by atoms with E-state index < -0.39 is 30.4 Å². The standard InChI is InChI=1S/C15H15O6P/c1-9(10-5-7-11(16)8-6-10)15(18)14-12(17)3-2-4-13(14)22(19,20)21/h2-9,16-17H,1H3,(H2,19,20,21). The summed E-state index contributed by atoms with van der Waals surface area (Å²) in [4.78, 5) is 31.2. The van der Waals surface area contributed by atoms with E-state index in [-0.39, 0.29) is 11.3 Å². The van der Waals surface area contributed by atoms with Crippen molar-refractivity contribution in [3.63, 3.8) is 0 Å². The maximum absolute atomic E-state index is 12.6. The van der Waals surface area contributed by atoms with Gasteiger partial charge in [0.1, 0.15) is 11.5 Å². The first-order valence-electron chi connectivity index (χ1n) is 6.43. The minimum atomic E-state index is -4.70. The average Bonchev–Trinajstić information content (AvgIpc) is 2.45. The third-order valence-electron chi connectivity index (χ3n) is 3.37. The molecule has 1 atom stereocenters. The molecule has 116 valence electrons. The highest BCUT2D eigenvalue weighted by Crippen LogP contribution is 2.38. The minimum absolute atomic E-state index is 0.0434. The van der Waals surface area contributed by atoms with Gasteiger partial charge in [-0.2, -0.15) is 0 Å². The Hall–Kier alpha value is -2.14. The number of carbonyl (C=O) groups excluding carboxylic acids is 1. The Kier molecular flexibility index (Phi) is 4.37. The van der Waals surface area contributed by atoms with Crippen molar-refractivity contribution in [2.24, 2.45) is 0 Å².